The van der Waals surface area contributed by atoms with Gasteiger partial charge in [-0.15, -0.1) is 10.2 Å². The van der Waals surface area contributed by atoms with Gasteiger partial charge in [0, 0.05) is 38.2 Å². The van der Waals surface area contributed by atoms with Gasteiger partial charge in [-0.25, -0.2) is 0 Å². The Labute approximate surface area is 250 Å². The minimum absolute atomic E-state index is 0.0262. The van der Waals surface area contributed by atoms with Crippen molar-refractivity contribution in [2.24, 2.45) is 5.92 Å². The third kappa shape index (κ3) is 7.99. The van der Waals surface area contributed by atoms with Crippen LogP contribution in [0, 0.1) is 5.92 Å². The minimum Gasteiger partial charge on any atom is -0.494 e. The van der Waals surface area contributed by atoms with Gasteiger partial charge in [0.15, 0.2) is 23.1 Å². The summed E-state index contributed by atoms with van der Waals surface area (Å²) in [6, 6.07) is 6.22. The van der Waals surface area contributed by atoms with Gasteiger partial charge in [0.1, 0.15) is 0 Å². The van der Waals surface area contributed by atoms with Gasteiger partial charge in [0.2, 0.25) is 11.8 Å². The van der Waals surface area contributed by atoms with Crippen LogP contribution in [0.2, 0.25) is 0 Å². The normalized spacial score (nSPS) is 15.4. The summed E-state index contributed by atoms with van der Waals surface area (Å²) in [5.74, 6) is -1.17. The fraction of sp³-hybridized carbons (Fsp3) is 0.423. The van der Waals surface area contributed by atoms with Gasteiger partial charge in [-0.2, -0.15) is 4.98 Å². The van der Waals surface area contributed by atoms with Crippen molar-refractivity contribution in [1.29, 1.82) is 0 Å². The Morgan fingerprint density at radius 3 is 2.61 bits per heavy atom. The van der Waals surface area contributed by atoms with Gasteiger partial charge in [-0.3, -0.25) is 24.6 Å². The summed E-state index contributed by atoms with van der Waals surface area (Å²) in [7, 11) is 1.40. The largest absolute Gasteiger partial charge is 0.494 e. The third-order valence-corrected chi connectivity index (χ3v) is 6.70. The van der Waals surface area contributed by atoms with Crippen LogP contribution in [0.1, 0.15) is 29.2 Å². The van der Waals surface area contributed by atoms with Crippen LogP contribution >= 0.6 is 0 Å². The Morgan fingerprint density at radius 2 is 1.91 bits per heavy atom. The van der Waals surface area contributed by atoms with Crippen molar-refractivity contribution in [3.05, 3.63) is 35.8 Å². The Bertz CT molecular complexity index is 1510. The topological polar surface area (TPSA) is 249 Å². The fourth-order valence-corrected chi connectivity index (χ4v) is 4.41. The van der Waals surface area contributed by atoms with Gasteiger partial charge in [-0.1, -0.05) is 11.2 Å². The second kappa shape index (κ2) is 13.3. The molecule has 8 N–H and O–H groups in total. The molecule has 1 aliphatic carbocycles. The van der Waals surface area contributed by atoms with Gasteiger partial charge in [0.05, 0.1) is 37.1 Å². The summed E-state index contributed by atoms with van der Waals surface area (Å²) in [6.45, 7) is 3.54. The molecule has 0 bridgehead atoms. The molecule has 18 heteroatoms. The molecule has 234 valence electrons. The molecule has 0 radical (unpaired) electrons. The first-order valence-corrected chi connectivity index (χ1v) is 13.7. The third-order valence-electron chi connectivity index (χ3n) is 6.70. The van der Waals surface area contributed by atoms with Crippen LogP contribution in [-0.2, 0) is 16.1 Å². The lowest BCUT2D eigenvalue weighted by Crippen LogP contribution is -2.48. The number of anilines is 3. The summed E-state index contributed by atoms with van der Waals surface area (Å²) < 4.78 is 11.0. The number of nitrogens with zero attached hydrogens (tertiary/aromatic N) is 5. The molecule has 0 atom stereocenters. The zero-order valence-corrected chi connectivity index (χ0v) is 23.7. The summed E-state index contributed by atoms with van der Waals surface area (Å²) in [5.41, 5.74) is 0.194. The first kappa shape index (κ1) is 30.7. The van der Waals surface area contributed by atoms with E-state index in [-0.39, 0.29) is 59.8 Å². The molecule has 0 spiro atoms. The molecule has 2 aromatic heterocycles. The maximum atomic E-state index is 12.7. The van der Waals surface area contributed by atoms with Crippen LogP contribution in [0.3, 0.4) is 0 Å². The standard InChI is InChI=1S/C26H32N10O8/c1-43-22-15(25-31-19(35-44-25)12-28-20(37)13-36-9-7-27-8-10-36)3-2-4-16(22)29-17-11-18(30-23(38)14-5-6-14)33-34-21(17)24(39)32-26(40,41)42/h2-4,11,14,27,40-42H,5-10,12-13H2,1H3,(H,28,37)(H,32,39)(H2,29,30,33,38). The molecule has 1 aliphatic heterocycles. The number of hydrogen-bond acceptors (Lipinski definition) is 15. The smallest absolute Gasteiger partial charge is 0.369 e. The van der Waals surface area contributed by atoms with E-state index in [0.29, 0.717) is 11.3 Å². The lowest BCUT2D eigenvalue weighted by molar-refractivity contribution is -0.323. The van der Waals surface area contributed by atoms with Crippen molar-refractivity contribution in [2.75, 3.05) is 50.5 Å². The molecule has 3 aromatic rings. The predicted molar refractivity (Wildman–Crippen MR) is 151 cm³/mol. The van der Waals surface area contributed by atoms with Gasteiger partial charge < -0.3 is 45.8 Å². The highest BCUT2D eigenvalue weighted by Gasteiger charge is 2.31. The number of piperazine rings is 1. The van der Waals surface area contributed by atoms with E-state index in [1.807, 2.05) is 4.90 Å². The fourth-order valence-electron chi connectivity index (χ4n) is 4.41. The number of nitrogens with one attached hydrogen (secondary N) is 5. The number of amides is 3. The van der Waals surface area contributed by atoms with Crippen molar-refractivity contribution in [3.8, 4) is 17.2 Å². The second-order valence-corrected chi connectivity index (χ2v) is 10.2. The Hall–Kier alpha value is -4.75. The maximum absolute atomic E-state index is 12.7. The van der Waals surface area contributed by atoms with Gasteiger partial charge >= 0.3 is 6.10 Å². The Morgan fingerprint density at radius 1 is 1.14 bits per heavy atom. The number of aliphatic hydroxyl groups is 3. The van der Waals surface area contributed by atoms with Crippen LogP contribution in [0.5, 0.6) is 5.75 Å². The van der Waals surface area contributed by atoms with E-state index >= 15 is 0 Å². The maximum Gasteiger partial charge on any atom is 0.369 e. The van der Waals surface area contributed by atoms with Gasteiger partial charge in [-0.05, 0) is 25.0 Å². The number of ether oxygens (including phenoxy) is 1. The molecular formula is C26H32N10O8. The number of para-hydroxylation sites is 1. The molecule has 1 aromatic carbocycles. The lowest BCUT2D eigenvalue weighted by atomic mass is 10.1. The van der Waals surface area contributed by atoms with Gasteiger partial charge in [0.25, 0.3) is 11.8 Å². The van der Waals surface area contributed by atoms with Crippen LogP contribution in [0.4, 0.5) is 17.2 Å². The first-order valence-electron chi connectivity index (χ1n) is 13.7. The van der Waals surface area contributed by atoms with Crippen LogP contribution in [0.15, 0.2) is 28.8 Å². The summed E-state index contributed by atoms with van der Waals surface area (Å²) in [4.78, 5) is 43.7. The molecular weight excluding hydrogens is 580 g/mol. The minimum atomic E-state index is -3.52. The van der Waals surface area contributed by atoms with E-state index in [1.165, 1.54) is 13.2 Å². The van der Waals surface area contributed by atoms with E-state index in [9.17, 15) is 29.7 Å². The number of carbonyl (C=O) groups excluding carboxylic acids is 3. The van der Waals surface area contributed by atoms with Crippen LogP contribution in [-0.4, -0.2) is 104 Å². The average molecular weight is 613 g/mol. The second-order valence-electron chi connectivity index (χ2n) is 10.2. The molecule has 1 saturated heterocycles. The average Bonchev–Trinajstić information content (AvgIpc) is 3.73. The predicted octanol–water partition coefficient (Wildman–Crippen LogP) is -1.53. The van der Waals surface area contributed by atoms with Crippen molar-refractivity contribution in [3.63, 3.8) is 0 Å². The highest BCUT2D eigenvalue weighted by Crippen LogP contribution is 2.38. The van der Waals surface area contributed by atoms with Crippen molar-refractivity contribution in [2.45, 2.75) is 25.5 Å². The number of carbonyl (C=O) groups is 3. The zero-order chi connectivity index (χ0) is 31.3. The molecule has 1 saturated carbocycles. The Kier molecular flexibility index (Phi) is 9.26. The number of hydrogen-bond donors (Lipinski definition) is 8. The van der Waals surface area contributed by atoms with E-state index in [2.05, 4.69) is 41.6 Å². The summed E-state index contributed by atoms with van der Waals surface area (Å²) in [5, 5.41) is 52.5. The van der Waals surface area contributed by atoms with E-state index in [4.69, 9.17) is 9.26 Å². The molecule has 2 fully saturated rings. The van der Waals surface area contributed by atoms with E-state index in [0.717, 1.165) is 39.0 Å². The molecule has 3 heterocycles. The molecule has 2 aliphatic rings. The highest BCUT2D eigenvalue weighted by molar-refractivity contribution is 6.00. The number of aromatic nitrogens is 4. The zero-order valence-electron chi connectivity index (χ0n) is 23.7. The van der Waals surface area contributed by atoms with E-state index < -0.39 is 17.7 Å². The first-order chi connectivity index (χ1) is 21.1. The molecule has 5 rings (SSSR count). The van der Waals surface area contributed by atoms with Crippen molar-refractivity contribution in [1.82, 2.24) is 41.2 Å². The number of benzene rings is 1. The summed E-state index contributed by atoms with van der Waals surface area (Å²) >= 11 is 0. The van der Waals surface area contributed by atoms with Crippen LogP contribution < -0.4 is 31.3 Å². The van der Waals surface area contributed by atoms with Crippen LogP contribution in [0.25, 0.3) is 11.5 Å². The highest BCUT2D eigenvalue weighted by atomic mass is 16.7. The SMILES string of the molecule is COc1c(Nc2cc(NC(=O)C3CC3)nnc2C(=O)NC(O)(O)O)cccc1-c1nc(CNC(=O)CN2CCNCC2)no1. The molecule has 44 heavy (non-hydrogen) atoms. The quantitative estimate of drug-likeness (QED) is 0.108. The monoisotopic (exact) mass is 612 g/mol. The molecule has 18 nitrogen and oxygen atoms in total. The number of rotatable bonds is 12. The van der Waals surface area contributed by atoms with E-state index in [1.54, 1.807) is 23.5 Å². The van der Waals surface area contributed by atoms with Crippen molar-refractivity contribution < 1.29 is 39.0 Å². The number of methoxy groups -OCH3 is 1. The lowest BCUT2D eigenvalue weighted by Gasteiger charge is -2.26. The molecule has 3 amide bonds. The molecule has 0 unspecified atom stereocenters. The van der Waals surface area contributed by atoms with Crippen molar-refractivity contribution >= 4 is 34.9 Å². The summed E-state index contributed by atoms with van der Waals surface area (Å²) in [6.07, 6.45) is -2.02. The Balaban J connectivity index is 1.35.